The molecule has 1 aromatic carbocycles. The lowest BCUT2D eigenvalue weighted by atomic mass is 9.91. The van der Waals surface area contributed by atoms with Crippen molar-refractivity contribution in [3.8, 4) is 0 Å². The summed E-state index contributed by atoms with van der Waals surface area (Å²) >= 11 is 0. The predicted molar refractivity (Wildman–Crippen MR) is 98.6 cm³/mol. The van der Waals surface area contributed by atoms with E-state index in [4.69, 9.17) is 0 Å². The van der Waals surface area contributed by atoms with Crippen LogP contribution in [0.1, 0.15) is 36.0 Å². The number of aromatic nitrogens is 1. The second-order valence-corrected chi connectivity index (χ2v) is 7.21. The molecule has 0 atom stereocenters. The maximum atomic E-state index is 13.9. The molecule has 5 rings (SSSR count). The van der Waals surface area contributed by atoms with E-state index in [0.29, 0.717) is 22.8 Å². The SMILES string of the molecule is O=C1Nc2cccnc2N(C(=O)C23CCCN2CCC3)c2ccccc21. The third kappa shape index (κ3) is 2.05. The molecule has 0 spiro atoms. The van der Waals surface area contributed by atoms with Gasteiger partial charge in [0.1, 0.15) is 5.54 Å². The quantitative estimate of drug-likeness (QED) is 0.860. The van der Waals surface area contributed by atoms with Crippen molar-refractivity contribution < 1.29 is 9.59 Å². The zero-order valence-electron chi connectivity index (χ0n) is 14.4. The lowest BCUT2D eigenvalue weighted by molar-refractivity contribution is -0.126. The van der Waals surface area contributed by atoms with E-state index < -0.39 is 5.54 Å². The summed E-state index contributed by atoms with van der Waals surface area (Å²) < 4.78 is 0. The van der Waals surface area contributed by atoms with Crippen LogP contribution >= 0.6 is 0 Å². The molecule has 3 aliphatic heterocycles. The number of para-hydroxylation sites is 1. The van der Waals surface area contributed by atoms with Crippen molar-refractivity contribution in [2.45, 2.75) is 31.2 Å². The standard InChI is InChI=1S/C20H20N4O2/c25-18-14-6-1-2-8-16(14)24(17-15(22-18)7-3-11-21-17)19(26)20-9-4-12-23(20)13-5-10-20/h1-3,6-8,11H,4-5,9-10,12-13H2,(H,22,25). The molecule has 6 heteroatoms. The predicted octanol–water partition coefficient (Wildman–Crippen LogP) is 2.94. The fourth-order valence-corrected chi connectivity index (χ4v) is 4.71. The molecule has 2 aromatic rings. The third-order valence-corrected chi connectivity index (χ3v) is 5.88. The smallest absolute Gasteiger partial charge is 0.257 e. The molecule has 0 saturated carbocycles. The van der Waals surface area contributed by atoms with Crippen LogP contribution in [0.5, 0.6) is 0 Å². The van der Waals surface area contributed by atoms with Crippen molar-refractivity contribution in [1.29, 1.82) is 0 Å². The summed E-state index contributed by atoms with van der Waals surface area (Å²) in [6.07, 6.45) is 5.47. The average molecular weight is 348 g/mol. The minimum Gasteiger partial charge on any atom is -0.319 e. The molecule has 0 bridgehead atoms. The van der Waals surface area contributed by atoms with Crippen LogP contribution in [0.4, 0.5) is 17.2 Å². The molecule has 3 aliphatic rings. The summed E-state index contributed by atoms with van der Waals surface area (Å²) in [5.74, 6) is 0.331. The molecule has 6 nitrogen and oxygen atoms in total. The Bertz CT molecular complexity index is 900. The number of carbonyl (C=O) groups excluding carboxylic acids is 2. The molecule has 0 aliphatic carbocycles. The summed E-state index contributed by atoms with van der Waals surface area (Å²) in [5.41, 5.74) is 1.22. The van der Waals surface area contributed by atoms with Gasteiger partial charge in [0, 0.05) is 6.20 Å². The molecule has 2 saturated heterocycles. The zero-order chi connectivity index (χ0) is 17.7. The number of amides is 2. The second-order valence-electron chi connectivity index (χ2n) is 7.21. The first-order valence-corrected chi connectivity index (χ1v) is 9.16. The fourth-order valence-electron chi connectivity index (χ4n) is 4.71. The Morgan fingerprint density at radius 3 is 2.65 bits per heavy atom. The minimum absolute atomic E-state index is 0.0383. The summed E-state index contributed by atoms with van der Waals surface area (Å²) in [4.78, 5) is 35.1. The van der Waals surface area contributed by atoms with E-state index >= 15 is 0 Å². The van der Waals surface area contributed by atoms with Crippen molar-refractivity contribution in [2.75, 3.05) is 23.3 Å². The van der Waals surface area contributed by atoms with E-state index in [-0.39, 0.29) is 11.8 Å². The van der Waals surface area contributed by atoms with E-state index in [1.54, 1.807) is 29.3 Å². The molecule has 2 amide bonds. The van der Waals surface area contributed by atoms with Crippen LogP contribution < -0.4 is 10.2 Å². The number of nitrogens with one attached hydrogen (secondary N) is 1. The number of nitrogens with zero attached hydrogens (tertiary/aromatic N) is 3. The molecule has 4 heterocycles. The molecule has 2 fully saturated rings. The molecule has 0 radical (unpaired) electrons. The first-order chi connectivity index (χ1) is 12.7. The topological polar surface area (TPSA) is 65.5 Å². The van der Waals surface area contributed by atoms with E-state index in [0.717, 1.165) is 38.8 Å². The van der Waals surface area contributed by atoms with Gasteiger partial charge in [0.2, 0.25) is 0 Å². The largest absolute Gasteiger partial charge is 0.319 e. The highest BCUT2D eigenvalue weighted by Gasteiger charge is 2.53. The minimum atomic E-state index is -0.463. The van der Waals surface area contributed by atoms with Crippen molar-refractivity contribution in [3.05, 3.63) is 48.2 Å². The molecule has 26 heavy (non-hydrogen) atoms. The van der Waals surface area contributed by atoms with Crippen LogP contribution in [-0.4, -0.2) is 40.3 Å². The Hall–Kier alpha value is -2.73. The van der Waals surface area contributed by atoms with E-state index in [9.17, 15) is 9.59 Å². The fraction of sp³-hybridized carbons (Fsp3) is 0.350. The highest BCUT2D eigenvalue weighted by atomic mass is 16.2. The molecular formula is C20H20N4O2. The van der Waals surface area contributed by atoms with Crippen LogP contribution in [0, 0.1) is 0 Å². The van der Waals surface area contributed by atoms with Gasteiger partial charge < -0.3 is 5.32 Å². The Morgan fingerprint density at radius 2 is 1.85 bits per heavy atom. The van der Waals surface area contributed by atoms with Gasteiger partial charge in [-0.15, -0.1) is 0 Å². The average Bonchev–Trinajstić information content (AvgIpc) is 3.21. The second kappa shape index (κ2) is 5.64. The maximum absolute atomic E-state index is 13.9. The molecule has 132 valence electrons. The zero-order valence-corrected chi connectivity index (χ0v) is 14.4. The van der Waals surface area contributed by atoms with Gasteiger partial charge in [-0.25, -0.2) is 4.98 Å². The lowest BCUT2D eigenvalue weighted by Crippen LogP contribution is -2.52. The number of carbonyl (C=O) groups is 2. The van der Waals surface area contributed by atoms with E-state index in [1.807, 2.05) is 18.2 Å². The first-order valence-electron chi connectivity index (χ1n) is 9.16. The van der Waals surface area contributed by atoms with E-state index in [2.05, 4.69) is 15.2 Å². The maximum Gasteiger partial charge on any atom is 0.257 e. The lowest BCUT2D eigenvalue weighted by Gasteiger charge is -2.36. The van der Waals surface area contributed by atoms with Crippen LogP contribution in [-0.2, 0) is 4.79 Å². The van der Waals surface area contributed by atoms with Gasteiger partial charge in [-0.05, 0) is 63.0 Å². The number of anilines is 3. The van der Waals surface area contributed by atoms with Crippen LogP contribution in [0.2, 0.25) is 0 Å². The summed E-state index contributed by atoms with van der Waals surface area (Å²) in [5, 5.41) is 2.90. The van der Waals surface area contributed by atoms with Crippen molar-refractivity contribution in [2.24, 2.45) is 0 Å². The molecular weight excluding hydrogens is 328 g/mol. The first kappa shape index (κ1) is 15.5. The number of benzene rings is 1. The summed E-state index contributed by atoms with van der Waals surface area (Å²) in [6.45, 7) is 1.93. The molecule has 1 N–H and O–H groups in total. The van der Waals surface area contributed by atoms with Gasteiger partial charge in [-0.3, -0.25) is 19.4 Å². The van der Waals surface area contributed by atoms with Crippen molar-refractivity contribution >= 4 is 29.0 Å². The van der Waals surface area contributed by atoms with Crippen LogP contribution in [0.3, 0.4) is 0 Å². The normalized spacial score (nSPS) is 20.8. The highest BCUT2D eigenvalue weighted by Crippen LogP contribution is 2.45. The van der Waals surface area contributed by atoms with Crippen molar-refractivity contribution in [1.82, 2.24) is 9.88 Å². The van der Waals surface area contributed by atoms with Gasteiger partial charge in [0.25, 0.3) is 11.8 Å². The summed E-state index contributed by atoms with van der Waals surface area (Å²) in [6, 6.07) is 10.8. The molecule has 0 unspecified atom stereocenters. The van der Waals surface area contributed by atoms with Crippen LogP contribution in [0.15, 0.2) is 42.6 Å². The Balaban J connectivity index is 1.72. The van der Waals surface area contributed by atoms with E-state index in [1.165, 1.54) is 0 Å². The number of hydrogen-bond donors (Lipinski definition) is 1. The van der Waals surface area contributed by atoms with Gasteiger partial charge in [0.15, 0.2) is 5.82 Å². The van der Waals surface area contributed by atoms with Crippen molar-refractivity contribution in [3.63, 3.8) is 0 Å². The number of pyridine rings is 1. The van der Waals surface area contributed by atoms with Gasteiger partial charge >= 0.3 is 0 Å². The van der Waals surface area contributed by atoms with Crippen LogP contribution in [0.25, 0.3) is 0 Å². The van der Waals surface area contributed by atoms with Gasteiger partial charge in [-0.2, -0.15) is 0 Å². The highest BCUT2D eigenvalue weighted by molar-refractivity contribution is 6.18. The monoisotopic (exact) mass is 348 g/mol. The molecule has 1 aromatic heterocycles. The Labute approximate surface area is 151 Å². The number of hydrogen-bond acceptors (Lipinski definition) is 4. The Morgan fingerprint density at radius 1 is 1.08 bits per heavy atom. The summed E-state index contributed by atoms with van der Waals surface area (Å²) in [7, 11) is 0. The van der Waals surface area contributed by atoms with Gasteiger partial charge in [0.05, 0.1) is 16.9 Å². The number of rotatable bonds is 1. The Kier molecular flexibility index (Phi) is 3.37. The van der Waals surface area contributed by atoms with Gasteiger partial charge in [-0.1, -0.05) is 12.1 Å². The third-order valence-electron chi connectivity index (χ3n) is 5.88. The number of fused-ring (bicyclic) bond motifs is 3.